The number of fused-ring (bicyclic) bond motifs is 5. The standard InChI is InChI=1S/C24H23NO5.C17H26N4O5S.C17H15NO3.C16H25N3O3.C16H20N2O3S.C15H15NO/c1-30-20-12-14(7-10-18(20)25-23(27)15-5-3-2-4-6-15)11-19(26)21-16-8-9-17(13-16)22(21)24(28)29;1-2-27(24,25)20-9-7-19(8-10-20)14-5-6-17(21(22)23)16(12-14)18-13-15-4-3-11-26-15;1-19-14-9-7-13(8-10-14)17-11-16(21-18-17)12-20-15-5-3-2-4-6-15;1-12-11-15(17-22-12)16(20)19-9-7-18(8-10-19)13-3-5-14(21-2)6-4-13;1-11-3-5-12(6-4-11)9-13(19)10-18-15(20)14(7-8-22-2)17-16(18)21;1-15(2)9-13-11-6-4-3-5-10(11)7-8-12(13)14(17)16-15/h2-10,12,16-17,21-22H,11,13H2,1H3,(H,25,27)(H,28,29);5-6,12,15,18H,2-4,7-11,13H2,1H3;2-11H,12H2,1H3;11,13-14H,3-10H2,1-2H3;3-6,14H,7-10H2,1-2H3,(H,17,21);3-8H,9H2,1-2H3,(H,16,17). The van der Waals surface area contributed by atoms with E-state index in [0.717, 1.165) is 133 Å². The minimum atomic E-state index is -3.18. The number of nitro groups is 1. The number of piperazine rings is 2. The van der Waals surface area contributed by atoms with Crippen LogP contribution in [0.25, 0.3) is 22.0 Å². The number of nitro benzene ring substituents is 1. The Bertz CT molecular complexity index is 6030. The summed E-state index contributed by atoms with van der Waals surface area (Å²) in [6, 6.07) is 59.5. The second kappa shape index (κ2) is 48.9. The van der Waals surface area contributed by atoms with Crippen LogP contribution in [-0.4, -0.2) is 236 Å². The van der Waals surface area contributed by atoms with Gasteiger partial charge in [-0.1, -0.05) is 125 Å². The first-order chi connectivity index (χ1) is 67.0. The molecule has 6 unspecified atom stereocenters. The van der Waals surface area contributed by atoms with Crippen molar-refractivity contribution >= 4 is 103 Å². The van der Waals surface area contributed by atoms with Crippen LogP contribution in [0.1, 0.15) is 137 Å². The van der Waals surface area contributed by atoms with Crippen molar-refractivity contribution in [3.8, 4) is 28.5 Å². The molecule has 5 aliphatic heterocycles. The average molecular weight is 1940 g/mol. The fourth-order valence-corrected chi connectivity index (χ4v) is 20.1. The van der Waals surface area contributed by atoms with E-state index in [0.29, 0.717) is 97.8 Å². The van der Waals surface area contributed by atoms with E-state index < -0.39 is 44.8 Å². The van der Waals surface area contributed by atoms with E-state index >= 15 is 0 Å². The molecular formula is C105H124N12O20S2. The molecule has 0 spiro atoms. The van der Waals surface area contributed by atoms with Gasteiger partial charge in [-0.2, -0.15) is 16.1 Å². The lowest BCUT2D eigenvalue weighted by Crippen LogP contribution is -2.52. The summed E-state index contributed by atoms with van der Waals surface area (Å²) in [4.78, 5) is 116. The van der Waals surface area contributed by atoms with Gasteiger partial charge < -0.3 is 68.9 Å². The molecule has 6 atom stereocenters. The first-order valence-electron chi connectivity index (χ1n) is 47.1. The number of ether oxygens (including phenoxy) is 5. The first-order valence-corrected chi connectivity index (χ1v) is 50.1. The highest BCUT2D eigenvalue weighted by molar-refractivity contribution is 7.98. The number of rotatable bonds is 29. The highest BCUT2D eigenvalue weighted by Gasteiger charge is 2.51. The summed E-state index contributed by atoms with van der Waals surface area (Å²) in [7, 11) is 1.77. The van der Waals surface area contributed by atoms with Gasteiger partial charge in [-0.25, -0.2) is 13.2 Å². The monoisotopic (exact) mass is 1940 g/mol. The molecule has 139 heavy (non-hydrogen) atoms. The fourth-order valence-electron chi connectivity index (χ4n) is 18.5. The molecule has 8 aromatic carbocycles. The molecule has 34 heteroatoms. The number of benzene rings is 8. The van der Waals surface area contributed by atoms with Crippen molar-refractivity contribution in [3.63, 3.8) is 0 Å². The SMILES string of the molecule is CC1(C)Cc2c(ccc3ccccc23)C(=O)N1.CCS(=O)(=O)N1CCN(c2ccc([N+](=O)[O-])c(NCC3CCCO3)c2)CC1.COC1CCC(N2CCN(C(=O)c3cc(C)on3)CC2)CC1.COc1cc(CC(=O)C2C3C=CC(C3)C2C(=O)O)ccc1NC(=O)c1ccccc1.COc1ccc(-c2cc(COc3ccccc3)on2)cc1.CSCCC1NC(=O)N(CC(=O)Cc2ccc(C)cc2)C1=O. The van der Waals surface area contributed by atoms with Crippen LogP contribution in [0.3, 0.4) is 0 Å². The number of carbonyl (C=O) groups is 8. The van der Waals surface area contributed by atoms with Crippen molar-refractivity contribution in [2.24, 2.45) is 23.7 Å². The third-order valence-electron chi connectivity index (χ3n) is 26.1. The number of nitrogens with one attached hydrogen (secondary N) is 4. The van der Waals surface area contributed by atoms with Crippen molar-refractivity contribution < 1.29 is 89.5 Å². The number of carboxylic acid groups (broad SMARTS) is 1. The van der Waals surface area contributed by atoms with Crippen LogP contribution in [0, 0.1) is 47.6 Å². The number of imide groups is 1. The van der Waals surface area contributed by atoms with Crippen LogP contribution >= 0.6 is 11.8 Å². The van der Waals surface area contributed by atoms with Crippen molar-refractivity contribution in [1.29, 1.82) is 0 Å². The van der Waals surface area contributed by atoms with Crippen LogP contribution in [0.4, 0.5) is 27.5 Å². The highest BCUT2D eigenvalue weighted by atomic mass is 32.2. The van der Waals surface area contributed by atoms with Gasteiger partial charge in [0.05, 0.1) is 55.3 Å². The molecule has 2 saturated carbocycles. The van der Waals surface area contributed by atoms with Gasteiger partial charge in [-0.15, -0.1) is 0 Å². The lowest BCUT2D eigenvalue weighted by Gasteiger charge is -2.41. The Morgan fingerprint density at radius 3 is 2.04 bits per heavy atom. The topological polar surface area (TPSA) is 397 Å². The Labute approximate surface area is 814 Å². The van der Waals surface area contributed by atoms with Gasteiger partial charge in [-0.3, -0.25) is 53.5 Å². The van der Waals surface area contributed by atoms with E-state index in [1.807, 2.05) is 145 Å². The molecule has 6 fully saturated rings. The predicted octanol–water partition coefficient (Wildman–Crippen LogP) is 15.6. The molecule has 8 aliphatic rings. The van der Waals surface area contributed by atoms with Crippen molar-refractivity contribution in [3.05, 3.63) is 267 Å². The number of allylic oxidation sites excluding steroid dienone is 2. The third kappa shape index (κ3) is 27.9. The largest absolute Gasteiger partial charge is 0.497 e. The van der Waals surface area contributed by atoms with Crippen LogP contribution < -0.4 is 40.4 Å². The number of sulfonamides is 1. The smallest absolute Gasteiger partial charge is 0.325 e. The van der Waals surface area contributed by atoms with E-state index in [-0.39, 0.29) is 89.5 Å². The lowest BCUT2D eigenvalue weighted by atomic mass is 9.79. The number of para-hydroxylation sites is 1. The summed E-state index contributed by atoms with van der Waals surface area (Å²) in [5.74, 6) is 1.53. The molecule has 18 rings (SSSR count). The summed E-state index contributed by atoms with van der Waals surface area (Å²) in [6.07, 6.45) is 15.6. The maximum atomic E-state index is 13.0. The molecule has 0 radical (unpaired) electrons. The van der Waals surface area contributed by atoms with Gasteiger partial charge >= 0.3 is 12.0 Å². The fraction of sp³-hybridized carbons (Fsp3) is 0.410. The molecule has 736 valence electrons. The molecule has 2 aromatic heterocycles. The maximum Gasteiger partial charge on any atom is 0.325 e. The van der Waals surface area contributed by atoms with E-state index in [2.05, 4.69) is 67.4 Å². The molecule has 3 aliphatic carbocycles. The normalized spacial score (nSPS) is 20.1. The number of carboxylic acids is 1. The third-order valence-corrected chi connectivity index (χ3v) is 28.6. The Morgan fingerprint density at radius 2 is 1.40 bits per heavy atom. The van der Waals surface area contributed by atoms with E-state index in [1.54, 1.807) is 100 Å². The number of hydrogen-bond acceptors (Lipinski definition) is 25. The van der Waals surface area contributed by atoms with Crippen LogP contribution in [0.15, 0.2) is 215 Å². The molecule has 7 heterocycles. The average Bonchev–Trinajstić information content (AvgIpc) is 1.58. The number of amides is 6. The number of methoxy groups -OCH3 is 3. The van der Waals surface area contributed by atoms with E-state index in [4.69, 9.17) is 32.7 Å². The van der Waals surface area contributed by atoms with Crippen molar-refractivity contribution in [2.45, 2.75) is 142 Å². The van der Waals surface area contributed by atoms with Crippen LogP contribution in [0.5, 0.6) is 17.2 Å². The van der Waals surface area contributed by atoms with Gasteiger partial charge in [0.25, 0.3) is 29.3 Å². The molecule has 2 bridgehead atoms. The number of aliphatic carboxylic acids is 1. The number of urea groups is 1. The number of nitrogens with zero attached hydrogens (tertiary/aromatic N) is 8. The van der Waals surface area contributed by atoms with E-state index in [1.165, 1.54) is 46.7 Å². The molecule has 4 saturated heterocycles. The van der Waals surface area contributed by atoms with Crippen LogP contribution in [0.2, 0.25) is 0 Å². The Kier molecular flexibility index (Phi) is 36.4. The van der Waals surface area contributed by atoms with Gasteiger partial charge in [0.15, 0.2) is 17.2 Å². The summed E-state index contributed by atoms with van der Waals surface area (Å²) >= 11 is 1.62. The molecule has 5 N–H and O–H groups in total. The number of aryl methyl sites for hydroxylation is 2. The zero-order valence-electron chi connectivity index (χ0n) is 80.0. The number of anilines is 3. The Balaban J connectivity index is 0.000000142. The first kappa shape index (κ1) is 103. The summed E-state index contributed by atoms with van der Waals surface area (Å²) in [6.45, 7) is 16.4. The van der Waals surface area contributed by atoms with E-state index in [9.17, 15) is 62.0 Å². The zero-order chi connectivity index (χ0) is 98.9. The second-order valence-electron chi connectivity index (χ2n) is 36.2. The predicted molar refractivity (Wildman–Crippen MR) is 532 cm³/mol. The summed E-state index contributed by atoms with van der Waals surface area (Å²) in [5.41, 5.74) is 9.16. The number of hydrogen-bond donors (Lipinski definition) is 5. The molecule has 10 aromatic rings. The van der Waals surface area contributed by atoms with Crippen molar-refractivity contribution in [1.82, 2.24) is 40.0 Å². The zero-order valence-corrected chi connectivity index (χ0v) is 81.7. The highest BCUT2D eigenvalue weighted by Crippen LogP contribution is 2.49. The van der Waals surface area contributed by atoms with Gasteiger partial charge in [-0.05, 0) is 223 Å². The quantitative estimate of drug-likeness (QED) is 0.0126. The number of ketones is 2. The van der Waals surface area contributed by atoms with Gasteiger partial charge in [0.1, 0.15) is 52.8 Å². The van der Waals surface area contributed by atoms with Gasteiger partial charge in [0.2, 0.25) is 10.0 Å². The van der Waals surface area contributed by atoms with Crippen molar-refractivity contribution in [2.75, 3.05) is 127 Å². The number of aromatic nitrogens is 2. The lowest BCUT2D eigenvalue weighted by molar-refractivity contribution is -0.384. The molecule has 32 nitrogen and oxygen atoms in total. The summed E-state index contributed by atoms with van der Waals surface area (Å²) < 4.78 is 63.0. The van der Waals surface area contributed by atoms with Gasteiger partial charge in [0, 0.05) is 144 Å². The number of carbonyl (C=O) groups excluding carboxylic acids is 7. The minimum Gasteiger partial charge on any atom is -0.497 e. The Morgan fingerprint density at radius 1 is 0.705 bits per heavy atom. The minimum absolute atomic E-state index is 0.00919. The number of Topliss-reactive ketones (excluding diaryl/α,β-unsaturated/α-hetero) is 2. The molecule has 6 amide bonds. The van der Waals surface area contributed by atoms with Crippen LogP contribution in [-0.2, 0) is 64.5 Å². The number of thioether (sulfide) groups is 1. The Hall–Kier alpha value is -13.1. The maximum absolute atomic E-state index is 13.0. The molecular weight excluding hydrogens is 1810 g/mol. The summed E-state index contributed by atoms with van der Waals surface area (Å²) in [5, 5.41) is 42.9. The second-order valence-corrected chi connectivity index (χ2v) is 39.4.